The molecule has 0 spiro atoms. The Morgan fingerprint density at radius 1 is 1.13 bits per heavy atom. The van der Waals surface area contributed by atoms with Crippen molar-refractivity contribution in [2.24, 2.45) is 33.7 Å². The molecule has 0 aromatic rings. The third-order valence-corrected chi connectivity index (χ3v) is 9.94. The highest BCUT2D eigenvalue weighted by atomic mass is 16.6. The van der Waals surface area contributed by atoms with E-state index in [2.05, 4.69) is 49.7 Å². The predicted molar refractivity (Wildman–Crippen MR) is 127 cm³/mol. The molecule has 4 aliphatic rings. The monoisotopic (exact) mass is 426 g/mol. The Kier molecular flexibility index (Phi) is 6.32. The van der Waals surface area contributed by atoms with Crippen LogP contribution in [0.4, 0.5) is 0 Å². The number of hydrogen-bond acceptors (Lipinski definition) is 4. The molecule has 4 heteroatoms. The van der Waals surface area contributed by atoms with E-state index in [9.17, 15) is 5.11 Å². The summed E-state index contributed by atoms with van der Waals surface area (Å²) in [7, 11) is 0. The molecule has 0 unspecified atom stereocenters. The van der Waals surface area contributed by atoms with Crippen LogP contribution in [0.15, 0.2) is 16.8 Å². The van der Waals surface area contributed by atoms with Crippen LogP contribution in [0.25, 0.3) is 0 Å². The zero-order chi connectivity index (χ0) is 22.3. The van der Waals surface area contributed by atoms with Gasteiger partial charge in [0.15, 0.2) is 0 Å². The van der Waals surface area contributed by atoms with Gasteiger partial charge in [0, 0.05) is 12.0 Å². The fourth-order valence-corrected chi connectivity index (χ4v) is 7.73. The molecule has 6 atom stereocenters. The lowest BCUT2D eigenvalue weighted by atomic mass is 9.46. The van der Waals surface area contributed by atoms with Crippen LogP contribution in [-0.4, -0.2) is 47.6 Å². The normalized spacial score (nSPS) is 43.1. The molecular weight excluding hydrogens is 384 g/mol. The highest BCUT2D eigenvalue weighted by Crippen LogP contribution is 2.67. The predicted octanol–water partition coefficient (Wildman–Crippen LogP) is 5.03. The molecule has 0 amide bonds. The van der Waals surface area contributed by atoms with E-state index in [1.807, 2.05) is 0 Å². The summed E-state index contributed by atoms with van der Waals surface area (Å²) in [6, 6.07) is 0. The maximum atomic E-state index is 11.2. The first-order valence-electron chi connectivity index (χ1n) is 12.6. The zero-order valence-corrected chi connectivity index (χ0v) is 20.1. The van der Waals surface area contributed by atoms with E-state index in [0.717, 1.165) is 57.5 Å². The molecule has 0 aromatic carbocycles. The Morgan fingerprint density at radius 2 is 1.87 bits per heavy atom. The summed E-state index contributed by atoms with van der Waals surface area (Å²) in [6.07, 6.45) is 16.8. The third-order valence-electron chi connectivity index (χ3n) is 9.94. The van der Waals surface area contributed by atoms with Crippen molar-refractivity contribution in [3.05, 3.63) is 11.6 Å². The van der Waals surface area contributed by atoms with Crippen LogP contribution in [0.5, 0.6) is 0 Å². The number of rotatable bonds is 6. The fraction of sp³-hybridized carbons (Fsp3) is 0.815. The van der Waals surface area contributed by atoms with Crippen LogP contribution < -0.4 is 0 Å². The lowest BCUT2D eigenvalue weighted by Gasteiger charge is -2.58. The number of terminal acetylenes is 1. The first-order chi connectivity index (χ1) is 14.8. The molecule has 1 N–H and O–H groups in total. The lowest BCUT2D eigenvalue weighted by molar-refractivity contribution is -0.0987. The van der Waals surface area contributed by atoms with Crippen molar-refractivity contribution in [2.45, 2.75) is 84.7 Å². The van der Waals surface area contributed by atoms with E-state index in [0.29, 0.717) is 24.4 Å². The summed E-state index contributed by atoms with van der Waals surface area (Å²) in [5.41, 5.74) is 1.95. The molecule has 0 saturated heterocycles. The van der Waals surface area contributed by atoms with Crippen molar-refractivity contribution in [3.8, 4) is 12.3 Å². The van der Waals surface area contributed by atoms with Gasteiger partial charge in [-0.3, -0.25) is 0 Å². The zero-order valence-electron chi connectivity index (χ0n) is 20.1. The van der Waals surface area contributed by atoms with Gasteiger partial charge in [0.05, 0.1) is 5.71 Å². The minimum atomic E-state index is -0.908. The van der Waals surface area contributed by atoms with Crippen molar-refractivity contribution in [2.75, 3.05) is 26.2 Å². The quantitative estimate of drug-likeness (QED) is 0.368. The molecule has 4 aliphatic carbocycles. The van der Waals surface area contributed by atoms with Crippen LogP contribution in [0, 0.1) is 40.9 Å². The van der Waals surface area contributed by atoms with Crippen molar-refractivity contribution < 1.29 is 9.94 Å². The summed E-state index contributed by atoms with van der Waals surface area (Å²) in [4.78, 5) is 8.05. The average molecular weight is 427 g/mol. The number of aliphatic hydroxyl groups is 1. The van der Waals surface area contributed by atoms with Crippen LogP contribution in [0.2, 0.25) is 0 Å². The second kappa shape index (κ2) is 8.56. The number of allylic oxidation sites excluding steroid dienone is 2. The fourth-order valence-electron chi connectivity index (χ4n) is 7.73. The van der Waals surface area contributed by atoms with Crippen molar-refractivity contribution in [1.29, 1.82) is 0 Å². The van der Waals surface area contributed by atoms with Crippen molar-refractivity contribution in [1.82, 2.24) is 4.90 Å². The van der Waals surface area contributed by atoms with Gasteiger partial charge in [-0.05, 0) is 93.7 Å². The first kappa shape index (κ1) is 22.9. The number of nitrogens with zero attached hydrogens (tertiary/aromatic N) is 2. The van der Waals surface area contributed by atoms with E-state index >= 15 is 0 Å². The molecule has 0 heterocycles. The van der Waals surface area contributed by atoms with Gasteiger partial charge in [-0.15, -0.1) is 6.42 Å². The summed E-state index contributed by atoms with van der Waals surface area (Å²) < 4.78 is 0. The van der Waals surface area contributed by atoms with Crippen LogP contribution in [-0.2, 0) is 4.84 Å². The number of oxime groups is 1. The topological polar surface area (TPSA) is 45.1 Å². The average Bonchev–Trinajstić information content (AvgIpc) is 3.05. The Bertz CT molecular complexity index is 779. The highest BCUT2D eigenvalue weighted by molar-refractivity contribution is 5.96. The number of likely N-dealkylation sites (N-methyl/N-ethyl adjacent to an activating group) is 1. The molecule has 172 valence electrons. The molecule has 0 aliphatic heterocycles. The molecule has 0 radical (unpaired) electrons. The molecular formula is C27H42N2O2. The Labute approximate surface area is 189 Å². The standard InChI is InChI=1S/C27H42N2O2/c1-6-27(30)16-13-24-22-10-9-20-19-21(28-31-18-17-29(7-2)8-3)11-14-25(20,4)23(22)12-15-26(24,27)5/h1,19,22-24,30H,7-18H2,2-5H3/b28-21+/t22-,23+,24+,25+,26+,27+/m1/s1. The van der Waals surface area contributed by atoms with Crippen LogP contribution in [0.1, 0.15) is 79.1 Å². The van der Waals surface area contributed by atoms with E-state index in [1.165, 1.54) is 19.3 Å². The third kappa shape index (κ3) is 3.66. The molecule has 0 bridgehead atoms. The van der Waals surface area contributed by atoms with E-state index in [4.69, 9.17) is 11.3 Å². The lowest BCUT2D eigenvalue weighted by Crippen LogP contribution is -2.54. The summed E-state index contributed by atoms with van der Waals surface area (Å²) in [5.74, 6) is 4.75. The first-order valence-corrected chi connectivity index (χ1v) is 12.6. The van der Waals surface area contributed by atoms with E-state index < -0.39 is 5.60 Å². The maximum Gasteiger partial charge on any atom is 0.130 e. The summed E-state index contributed by atoms with van der Waals surface area (Å²) >= 11 is 0. The Hall–Kier alpha value is -1.31. The van der Waals surface area contributed by atoms with Gasteiger partial charge < -0.3 is 14.8 Å². The van der Waals surface area contributed by atoms with Gasteiger partial charge >= 0.3 is 0 Å². The van der Waals surface area contributed by atoms with Crippen LogP contribution >= 0.6 is 0 Å². The van der Waals surface area contributed by atoms with Gasteiger partial charge in [-0.2, -0.15) is 0 Å². The molecule has 3 saturated carbocycles. The van der Waals surface area contributed by atoms with Gasteiger partial charge in [-0.1, -0.05) is 44.3 Å². The van der Waals surface area contributed by atoms with Crippen molar-refractivity contribution >= 4 is 5.71 Å². The van der Waals surface area contributed by atoms with Crippen molar-refractivity contribution in [3.63, 3.8) is 0 Å². The maximum absolute atomic E-state index is 11.2. The van der Waals surface area contributed by atoms with E-state index in [-0.39, 0.29) is 10.8 Å². The second-order valence-corrected chi connectivity index (χ2v) is 10.9. The Morgan fingerprint density at radius 3 is 2.58 bits per heavy atom. The van der Waals surface area contributed by atoms with E-state index in [1.54, 1.807) is 5.57 Å². The minimum absolute atomic E-state index is 0.111. The van der Waals surface area contributed by atoms with Gasteiger partial charge in [0.1, 0.15) is 12.2 Å². The molecule has 3 fully saturated rings. The second-order valence-electron chi connectivity index (χ2n) is 10.9. The Balaban J connectivity index is 1.46. The number of hydrogen-bond donors (Lipinski definition) is 1. The summed E-state index contributed by atoms with van der Waals surface area (Å²) in [5, 5.41) is 15.7. The smallest absolute Gasteiger partial charge is 0.130 e. The molecule has 4 rings (SSSR count). The largest absolute Gasteiger partial charge is 0.394 e. The highest BCUT2D eigenvalue weighted by Gasteiger charge is 2.63. The van der Waals surface area contributed by atoms with Gasteiger partial charge in [0.2, 0.25) is 0 Å². The molecule has 31 heavy (non-hydrogen) atoms. The summed E-state index contributed by atoms with van der Waals surface area (Å²) in [6.45, 7) is 12.9. The van der Waals surface area contributed by atoms with Gasteiger partial charge in [-0.25, -0.2) is 0 Å². The molecule has 4 nitrogen and oxygen atoms in total. The number of fused-ring (bicyclic) bond motifs is 5. The molecule has 0 aromatic heterocycles. The SMILES string of the molecule is C#C[C@]1(O)CC[C@H]2[C@@H]3CCC4=C/C(=N/OCCN(CC)CC)CC[C@]4(C)[C@H]3CC[C@@]21C. The van der Waals surface area contributed by atoms with Crippen LogP contribution in [0.3, 0.4) is 0 Å². The van der Waals surface area contributed by atoms with Gasteiger partial charge in [0.25, 0.3) is 0 Å². The minimum Gasteiger partial charge on any atom is -0.394 e.